The number of amides is 1. The number of nitrogens with zero attached hydrogens (tertiary/aromatic N) is 2. The second-order valence-corrected chi connectivity index (χ2v) is 7.51. The highest BCUT2D eigenvalue weighted by molar-refractivity contribution is 7.99. The van der Waals surface area contributed by atoms with Crippen LogP contribution < -0.4 is 10.9 Å². The monoisotopic (exact) mass is 413 g/mol. The highest BCUT2D eigenvalue weighted by Gasteiger charge is 2.12. The van der Waals surface area contributed by atoms with Crippen LogP contribution in [0.4, 0.5) is 0 Å². The molecule has 144 valence electrons. The van der Waals surface area contributed by atoms with E-state index in [-0.39, 0.29) is 17.2 Å². The summed E-state index contributed by atoms with van der Waals surface area (Å²) in [5.74, 6) is 0.0780. The maximum absolute atomic E-state index is 12.7. The van der Waals surface area contributed by atoms with E-state index in [1.807, 2.05) is 36.4 Å². The first-order chi connectivity index (χ1) is 13.6. The second-order valence-electron chi connectivity index (χ2n) is 6.13. The van der Waals surface area contributed by atoms with Gasteiger partial charge in [0.25, 0.3) is 5.56 Å². The Morgan fingerprint density at radius 2 is 1.96 bits per heavy atom. The standard InChI is InChI=1S/C21H20ClN3O2S/c1-2-13-25-20(27)17-5-3-4-6-18(17)24-21(25)28-14-19(26)23-12-11-15-7-9-16(22)10-8-15/h2-10H,1,11-14H2,(H,23,26). The van der Waals surface area contributed by atoms with Crippen LogP contribution >= 0.6 is 23.4 Å². The number of hydrogen-bond acceptors (Lipinski definition) is 4. The average molecular weight is 414 g/mol. The van der Waals surface area contributed by atoms with Crippen LogP contribution in [0.25, 0.3) is 10.9 Å². The van der Waals surface area contributed by atoms with Gasteiger partial charge in [-0.1, -0.05) is 53.7 Å². The molecule has 1 amide bonds. The van der Waals surface area contributed by atoms with Crippen LogP contribution in [0.5, 0.6) is 0 Å². The van der Waals surface area contributed by atoms with E-state index in [0.717, 1.165) is 12.0 Å². The Morgan fingerprint density at radius 1 is 1.21 bits per heavy atom. The number of aromatic nitrogens is 2. The second kappa shape index (κ2) is 9.57. The molecule has 0 fully saturated rings. The summed E-state index contributed by atoms with van der Waals surface area (Å²) in [7, 11) is 0. The predicted molar refractivity (Wildman–Crippen MR) is 115 cm³/mol. The van der Waals surface area contributed by atoms with Crippen molar-refractivity contribution in [2.24, 2.45) is 0 Å². The van der Waals surface area contributed by atoms with Crippen molar-refractivity contribution in [3.63, 3.8) is 0 Å². The van der Waals surface area contributed by atoms with Gasteiger partial charge in [0.2, 0.25) is 5.91 Å². The van der Waals surface area contributed by atoms with Crippen LogP contribution in [-0.4, -0.2) is 27.8 Å². The first kappa shape index (κ1) is 20.2. The van der Waals surface area contributed by atoms with Crippen LogP contribution in [0.15, 0.2) is 71.1 Å². The molecule has 0 saturated heterocycles. The smallest absolute Gasteiger partial charge is 0.262 e. The number of halogens is 1. The molecule has 7 heteroatoms. The Bertz CT molecular complexity index is 1050. The summed E-state index contributed by atoms with van der Waals surface area (Å²) >= 11 is 7.12. The Balaban J connectivity index is 1.63. The molecule has 3 aromatic rings. The fraction of sp³-hybridized carbons (Fsp3) is 0.190. The van der Waals surface area contributed by atoms with Crippen LogP contribution in [-0.2, 0) is 17.8 Å². The normalized spacial score (nSPS) is 10.8. The van der Waals surface area contributed by atoms with E-state index in [1.54, 1.807) is 22.8 Å². The number of carbonyl (C=O) groups is 1. The molecule has 0 unspecified atom stereocenters. The lowest BCUT2D eigenvalue weighted by Gasteiger charge is -2.11. The molecule has 0 spiro atoms. The van der Waals surface area contributed by atoms with E-state index < -0.39 is 0 Å². The van der Waals surface area contributed by atoms with Gasteiger partial charge in [0, 0.05) is 18.1 Å². The number of fused-ring (bicyclic) bond motifs is 1. The molecule has 0 aliphatic carbocycles. The van der Waals surface area contributed by atoms with Crippen molar-refractivity contribution in [3.8, 4) is 0 Å². The number of carbonyl (C=O) groups excluding carboxylic acids is 1. The molecular weight excluding hydrogens is 394 g/mol. The van der Waals surface area contributed by atoms with Crippen molar-refractivity contribution in [2.45, 2.75) is 18.1 Å². The van der Waals surface area contributed by atoms with Gasteiger partial charge >= 0.3 is 0 Å². The summed E-state index contributed by atoms with van der Waals surface area (Å²) in [4.78, 5) is 29.4. The minimum absolute atomic E-state index is 0.105. The number of benzene rings is 2. The van der Waals surface area contributed by atoms with E-state index in [4.69, 9.17) is 11.6 Å². The SMILES string of the molecule is C=CCn1c(SCC(=O)NCCc2ccc(Cl)cc2)nc2ccccc2c1=O. The first-order valence-corrected chi connectivity index (χ1v) is 10.2. The van der Waals surface area contributed by atoms with Gasteiger partial charge in [-0.3, -0.25) is 14.2 Å². The molecule has 3 rings (SSSR count). The summed E-state index contributed by atoms with van der Waals surface area (Å²) in [6.45, 7) is 4.58. The highest BCUT2D eigenvalue weighted by Crippen LogP contribution is 2.17. The summed E-state index contributed by atoms with van der Waals surface area (Å²) < 4.78 is 1.54. The Kier molecular flexibility index (Phi) is 6.90. The number of allylic oxidation sites excluding steroid dienone is 1. The van der Waals surface area contributed by atoms with Crippen LogP contribution in [0.1, 0.15) is 5.56 Å². The molecule has 0 aliphatic rings. The fourth-order valence-electron chi connectivity index (χ4n) is 2.73. The summed E-state index contributed by atoms with van der Waals surface area (Å²) in [5.41, 5.74) is 1.60. The maximum atomic E-state index is 12.7. The molecule has 2 aromatic carbocycles. The topological polar surface area (TPSA) is 64.0 Å². The van der Waals surface area contributed by atoms with E-state index >= 15 is 0 Å². The third-order valence-corrected chi connectivity index (χ3v) is 5.35. The third-order valence-electron chi connectivity index (χ3n) is 4.12. The number of para-hydroxylation sites is 1. The van der Waals surface area contributed by atoms with Crippen molar-refractivity contribution >= 4 is 40.2 Å². The molecule has 0 bridgehead atoms. The molecule has 0 atom stereocenters. The molecule has 1 heterocycles. The van der Waals surface area contributed by atoms with E-state index in [2.05, 4.69) is 16.9 Å². The molecule has 28 heavy (non-hydrogen) atoms. The number of thioether (sulfide) groups is 1. The molecule has 5 nitrogen and oxygen atoms in total. The van der Waals surface area contributed by atoms with Crippen LogP contribution in [0, 0.1) is 0 Å². The van der Waals surface area contributed by atoms with Crippen LogP contribution in [0.3, 0.4) is 0 Å². The average Bonchev–Trinajstić information content (AvgIpc) is 2.70. The predicted octanol–water partition coefficient (Wildman–Crippen LogP) is 3.69. The number of rotatable bonds is 8. The zero-order valence-electron chi connectivity index (χ0n) is 15.2. The fourth-order valence-corrected chi connectivity index (χ4v) is 3.69. The zero-order chi connectivity index (χ0) is 19.9. The van der Waals surface area contributed by atoms with Crippen molar-refractivity contribution in [2.75, 3.05) is 12.3 Å². The molecule has 1 N–H and O–H groups in total. The molecule has 1 aromatic heterocycles. The number of nitrogens with one attached hydrogen (secondary N) is 1. The largest absolute Gasteiger partial charge is 0.355 e. The molecule has 0 radical (unpaired) electrons. The lowest BCUT2D eigenvalue weighted by molar-refractivity contribution is -0.118. The zero-order valence-corrected chi connectivity index (χ0v) is 16.8. The first-order valence-electron chi connectivity index (χ1n) is 8.83. The van der Waals surface area contributed by atoms with Gasteiger partial charge in [-0.2, -0.15) is 0 Å². The quantitative estimate of drug-likeness (QED) is 0.347. The third kappa shape index (κ3) is 5.03. The van der Waals surface area contributed by atoms with Gasteiger partial charge in [-0.05, 0) is 36.2 Å². The van der Waals surface area contributed by atoms with Gasteiger partial charge in [0.15, 0.2) is 5.16 Å². The summed E-state index contributed by atoms with van der Waals surface area (Å²) in [6.07, 6.45) is 2.37. The van der Waals surface area contributed by atoms with Crippen molar-refractivity contribution in [3.05, 3.63) is 82.1 Å². The minimum atomic E-state index is -0.129. The molecule has 0 saturated carbocycles. The Hall–Kier alpha value is -2.57. The van der Waals surface area contributed by atoms with Crippen molar-refractivity contribution in [1.29, 1.82) is 0 Å². The summed E-state index contributed by atoms with van der Waals surface area (Å²) in [5, 5.41) is 4.65. The molecule has 0 aliphatic heterocycles. The van der Waals surface area contributed by atoms with Crippen LogP contribution in [0.2, 0.25) is 5.02 Å². The van der Waals surface area contributed by atoms with Gasteiger partial charge in [-0.15, -0.1) is 6.58 Å². The van der Waals surface area contributed by atoms with Gasteiger partial charge < -0.3 is 5.32 Å². The van der Waals surface area contributed by atoms with Crippen molar-refractivity contribution < 1.29 is 4.79 Å². The summed E-state index contributed by atoms with van der Waals surface area (Å²) in [6, 6.07) is 14.7. The maximum Gasteiger partial charge on any atom is 0.262 e. The Morgan fingerprint density at radius 3 is 2.71 bits per heavy atom. The van der Waals surface area contributed by atoms with E-state index in [9.17, 15) is 9.59 Å². The van der Waals surface area contributed by atoms with Gasteiger partial charge in [-0.25, -0.2) is 4.98 Å². The van der Waals surface area contributed by atoms with Gasteiger partial charge in [0.05, 0.1) is 16.7 Å². The lowest BCUT2D eigenvalue weighted by Crippen LogP contribution is -2.28. The highest BCUT2D eigenvalue weighted by atomic mass is 35.5. The minimum Gasteiger partial charge on any atom is -0.355 e. The van der Waals surface area contributed by atoms with Crippen molar-refractivity contribution in [1.82, 2.24) is 14.9 Å². The van der Waals surface area contributed by atoms with E-state index in [0.29, 0.717) is 34.2 Å². The lowest BCUT2D eigenvalue weighted by atomic mass is 10.1. The van der Waals surface area contributed by atoms with Gasteiger partial charge in [0.1, 0.15) is 0 Å². The number of hydrogen-bond donors (Lipinski definition) is 1. The van der Waals surface area contributed by atoms with E-state index in [1.165, 1.54) is 11.8 Å². The Labute approximate surface area is 172 Å². The molecular formula is C21H20ClN3O2S.